The van der Waals surface area contributed by atoms with Crippen LogP contribution in [-0.2, 0) is 14.3 Å². The molecular formula is C27H43N3O5. The van der Waals surface area contributed by atoms with E-state index in [1.54, 1.807) is 37.8 Å². The van der Waals surface area contributed by atoms with E-state index in [0.29, 0.717) is 12.0 Å². The van der Waals surface area contributed by atoms with Crippen LogP contribution in [0.1, 0.15) is 92.7 Å². The summed E-state index contributed by atoms with van der Waals surface area (Å²) in [6.07, 6.45) is 2.52. The molecular weight excluding hydrogens is 446 g/mol. The molecule has 0 saturated heterocycles. The standard InChI is InChI=1S/C27H43N3O5/c1-9-17(2)21(28-25(34)35-27(6,7)8)24(33)30(19-11-10-12-19)22(23(32)29-26(3,4)5)18-13-15-20(31)16-14-18/h13-17,19,21-22,31H,9-12H2,1-8H3,(H,28,34)(H,29,32). The van der Waals surface area contributed by atoms with Crippen molar-refractivity contribution in [2.75, 3.05) is 0 Å². The molecule has 3 atom stereocenters. The number of benzene rings is 1. The van der Waals surface area contributed by atoms with Crippen molar-refractivity contribution in [2.45, 2.75) is 110 Å². The van der Waals surface area contributed by atoms with Crippen LogP contribution in [0.4, 0.5) is 4.79 Å². The van der Waals surface area contributed by atoms with Gasteiger partial charge in [-0.1, -0.05) is 32.4 Å². The third kappa shape index (κ3) is 8.15. The zero-order valence-electron chi connectivity index (χ0n) is 22.5. The van der Waals surface area contributed by atoms with Crippen LogP contribution in [-0.4, -0.2) is 51.1 Å². The summed E-state index contributed by atoms with van der Waals surface area (Å²) in [6, 6.07) is 4.49. The number of nitrogens with one attached hydrogen (secondary N) is 2. The van der Waals surface area contributed by atoms with Gasteiger partial charge in [-0.25, -0.2) is 4.79 Å². The van der Waals surface area contributed by atoms with Gasteiger partial charge in [0.25, 0.3) is 0 Å². The van der Waals surface area contributed by atoms with Gasteiger partial charge in [-0.15, -0.1) is 0 Å². The molecule has 35 heavy (non-hydrogen) atoms. The number of hydrogen-bond acceptors (Lipinski definition) is 5. The van der Waals surface area contributed by atoms with Gasteiger partial charge in [-0.05, 0) is 84.4 Å². The van der Waals surface area contributed by atoms with Gasteiger partial charge in [0.15, 0.2) is 0 Å². The Bertz CT molecular complexity index is 882. The molecule has 3 amide bonds. The number of phenolic OH excluding ortho intramolecular Hbond substituents is 1. The molecule has 1 aliphatic carbocycles. The second kappa shape index (κ2) is 11.3. The maximum absolute atomic E-state index is 14.2. The first-order chi connectivity index (χ1) is 16.1. The van der Waals surface area contributed by atoms with Crippen molar-refractivity contribution in [2.24, 2.45) is 5.92 Å². The highest BCUT2D eigenvalue weighted by Gasteiger charge is 2.43. The summed E-state index contributed by atoms with van der Waals surface area (Å²) in [7, 11) is 0. The predicted octanol–water partition coefficient (Wildman–Crippen LogP) is 4.67. The number of nitrogens with zero attached hydrogens (tertiary/aromatic N) is 1. The van der Waals surface area contributed by atoms with E-state index in [2.05, 4.69) is 10.6 Å². The highest BCUT2D eigenvalue weighted by molar-refractivity contribution is 5.92. The molecule has 0 aliphatic heterocycles. The molecule has 0 radical (unpaired) electrons. The molecule has 8 heteroatoms. The maximum atomic E-state index is 14.2. The maximum Gasteiger partial charge on any atom is 0.408 e. The zero-order valence-corrected chi connectivity index (χ0v) is 22.5. The molecule has 0 aromatic heterocycles. The van der Waals surface area contributed by atoms with E-state index < -0.39 is 29.3 Å². The molecule has 1 aromatic carbocycles. The van der Waals surface area contributed by atoms with Crippen LogP contribution in [0.5, 0.6) is 5.75 Å². The molecule has 2 rings (SSSR count). The molecule has 1 aromatic rings. The number of phenols is 1. The van der Waals surface area contributed by atoms with Crippen LogP contribution in [0.25, 0.3) is 0 Å². The molecule has 1 saturated carbocycles. The molecule has 1 fully saturated rings. The smallest absolute Gasteiger partial charge is 0.408 e. The lowest BCUT2D eigenvalue weighted by Gasteiger charge is -2.44. The average molecular weight is 490 g/mol. The average Bonchev–Trinajstić information content (AvgIpc) is 2.67. The first kappa shape index (κ1) is 28.5. The van der Waals surface area contributed by atoms with Gasteiger partial charge in [0, 0.05) is 11.6 Å². The number of alkyl carbamates (subject to hydrolysis) is 1. The van der Waals surface area contributed by atoms with Crippen molar-refractivity contribution in [3.05, 3.63) is 29.8 Å². The van der Waals surface area contributed by atoms with E-state index in [1.807, 2.05) is 34.6 Å². The lowest BCUT2D eigenvalue weighted by molar-refractivity contribution is -0.149. The van der Waals surface area contributed by atoms with Crippen molar-refractivity contribution in [3.8, 4) is 5.75 Å². The Labute approximate surface area is 209 Å². The molecule has 0 heterocycles. The number of amides is 3. The van der Waals surface area contributed by atoms with E-state index in [1.165, 1.54) is 12.1 Å². The highest BCUT2D eigenvalue weighted by Crippen LogP contribution is 2.35. The Morgan fingerprint density at radius 1 is 1.09 bits per heavy atom. The number of rotatable bonds is 8. The van der Waals surface area contributed by atoms with Gasteiger partial charge in [-0.3, -0.25) is 9.59 Å². The number of carbonyl (C=O) groups is 3. The third-order valence-corrected chi connectivity index (χ3v) is 6.11. The van der Waals surface area contributed by atoms with Crippen molar-refractivity contribution < 1.29 is 24.2 Å². The highest BCUT2D eigenvalue weighted by atomic mass is 16.6. The minimum atomic E-state index is -0.903. The second-order valence-electron chi connectivity index (χ2n) is 11.6. The Hall–Kier alpha value is -2.77. The van der Waals surface area contributed by atoms with Gasteiger partial charge in [0.2, 0.25) is 11.8 Å². The van der Waals surface area contributed by atoms with Crippen LogP contribution in [0, 0.1) is 5.92 Å². The minimum Gasteiger partial charge on any atom is -0.508 e. The van der Waals surface area contributed by atoms with Crippen molar-refractivity contribution in [1.82, 2.24) is 15.5 Å². The Morgan fingerprint density at radius 2 is 1.66 bits per heavy atom. The number of aromatic hydroxyl groups is 1. The fraction of sp³-hybridized carbons (Fsp3) is 0.667. The van der Waals surface area contributed by atoms with E-state index >= 15 is 0 Å². The lowest BCUT2D eigenvalue weighted by Crippen LogP contribution is -2.59. The lowest BCUT2D eigenvalue weighted by atomic mass is 9.86. The topological polar surface area (TPSA) is 108 Å². The summed E-state index contributed by atoms with van der Waals surface area (Å²) in [5.41, 5.74) is -0.613. The minimum absolute atomic E-state index is 0.0781. The van der Waals surface area contributed by atoms with Crippen molar-refractivity contribution in [1.29, 1.82) is 0 Å². The van der Waals surface area contributed by atoms with Crippen LogP contribution in [0.2, 0.25) is 0 Å². The first-order valence-electron chi connectivity index (χ1n) is 12.6. The Morgan fingerprint density at radius 3 is 2.09 bits per heavy atom. The quantitative estimate of drug-likeness (QED) is 0.492. The second-order valence-corrected chi connectivity index (χ2v) is 11.6. The SMILES string of the molecule is CCC(C)C(NC(=O)OC(C)(C)C)C(=O)N(C1CCC1)C(C(=O)NC(C)(C)C)c1ccc(O)cc1. The summed E-state index contributed by atoms with van der Waals surface area (Å²) < 4.78 is 5.44. The molecule has 3 N–H and O–H groups in total. The Balaban J connectivity index is 2.51. The zero-order chi connectivity index (χ0) is 26.6. The van der Waals surface area contributed by atoms with Crippen LogP contribution >= 0.6 is 0 Å². The number of ether oxygens (including phenoxy) is 1. The molecule has 8 nitrogen and oxygen atoms in total. The van der Waals surface area contributed by atoms with Crippen molar-refractivity contribution >= 4 is 17.9 Å². The molecule has 0 spiro atoms. The van der Waals surface area contributed by atoms with Crippen LogP contribution in [0.3, 0.4) is 0 Å². The molecule has 196 valence electrons. The van der Waals surface area contributed by atoms with Crippen LogP contribution in [0.15, 0.2) is 24.3 Å². The Kier molecular flexibility index (Phi) is 9.20. The fourth-order valence-electron chi connectivity index (χ4n) is 3.99. The first-order valence-corrected chi connectivity index (χ1v) is 12.6. The summed E-state index contributed by atoms with van der Waals surface area (Å²) in [5, 5.41) is 15.6. The van der Waals surface area contributed by atoms with Gasteiger partial charge < -0.3 is 25.4 Å². The molecule has 0 bridgehead atoms. The van der Waals surface area contributed by atoms with Gasteiger partial charge in [-0.2, -0.15) is 0 Å². The van der Waals surface area contributed by atoms with E-state index in [-0.39, 0.29) is 29.5 Å². The number of carbonyl (C=O) groups excluding carboxylic acids is 3. The monoisotopic (exact) mass is 489 g/mol. The fourth-order valence-corrected chi connectivity index (χ4v) is 3.99. The summed E-state index contributed by atoms with van der Waals surface area (Å²) >= 11 is 0. The van der Waals surface area contributed by atoms with Crippen molar-refractivity contribution in [3.63, 3.8) is 0 Å². The largest absolute Gasteiger partial charge is 0.508 e. The van der Waals surface area contributed by atoms with Gasteiger partial charge in [0.1, 0.15) is 23.4 Å². The van der Waals surface area contributed by atoms with E-state index in [4.69, 9.17) is 4.74 Å². The predicted molar refractivity (Wildman–Crippen MR) is 136 cm³/mol. The molecule has 1 aliphatic rings. The van der Waals surface area contributed by atoms with E-state index in [9.17, 15) is 19.5 Å². The molecule has 3 unspecified atom stereocenters. The summed E-state index contributed by atoms with van der Waals surface area (Å²) in [4.78, 5) is 42.1. The normalized spacial score (nSPS) is 16.9. The summed E-state index contributed by atoms with van der Waals surface area (Å²) in [5.74, 6) is -0.710. The van der Waals surface area contributed by atoms with Gasteiger partial charge in [0.05, 0.1) is 0 Å². The number of hydrogen-bond donors (Lipinski definition) is 3. The van der Waals surface area contributed by atoms with Gasteiger partial charge >= 0.3 is 6.09 Å². The third-order valence-electron chi connectivity index (χ3n) is 6.11. The summed E-state index contributed by atoms with van der Waals surface area (Å²) in [6.45, 7) is 14.8. The van der Waals surface area contributed by atoms with Crippen LogP contribution < -0.4 is 10.6 Å². The van der Waals surface area contributed by atoms with E-state index in [0.717, 1.165) is 19.3 Å².